The maximum atomic E-state index is 5.29. The first-order valence-electron chi connectivity index (χ1n) is 4.42. The lowest BCUT2D eigenvalue weighted by molar-refractivity contribution is 0.0205. The molecule has 0 amide bonds. The molecule has 0 aromatic rings. The van der Waals surface area contributed by atoms with Crippen molar-refractivity contribution < 1.29 is 4.74 Å². The minimum absolute atomic E-state index is 0.735. The van der Waals surface area contributed by atoms with Crippen LogP contribution in [0, 0.1) is 0 Å². The predicted octanol–water partition coefficient (Wildman–Crippen LogP) is -0.305. The molecule has 0 aromatic heterocycles. The second kappa shape index (κ2) is 3.52. The summed E-state index contributed by atoms with van der Waals surface area (Å²) >= 11 is 0. The number of hydrogen-bond acceptors (Lipinski definition) is 2. The topological polar surface area (TPSA) is 26.6 Å². The SMILES string of the molecule is C1C[C@@H](N2CCOCC2)C[N]1. The van der Waals surface area contributed by atoms with Crippen molar-refractivity contribution in [2.45, 2.75) is 12.5 Å². The van der Waals surface area contributed by atoms with Crippen molar-refractivity contribution in [2.24, 2.45) is 0 Å². The van der Waals surface area contributed by atoms with Crippen LogP contribution in [0.25, 0.3) is 0 Å². The average Bonchev–Trinajstić information content (AvgIpc) is 2.58. The van der Waals surface area contributed by atoms with Gasteiger partial charge in [-0.3, -0.25) is 4.90 Å². The molecule has 0 aliphatic carbocycles. The Balaban J connectivity index is 1.82. The van der Waals surface area contributed by atoms with Crippen molar-refractivity contribution in [2.75, 3.05) is 39.4 Å². The van der Waals surface area contributed by atoms with E-state index in [4.69, 9.17) is 4.74 Å². The third-order valence-corrected chi connectivity index (χ3v) is 2.52. The molecule has 0 aromatic carbocycles. The molecule has 2 heterocycles. The molecule has 2 aliphatic rings. The Hall–Kier alpha value is -0.120. The zero-order valence-electron chi connectivity index (χ0n) is 6.83. The quantitative estimate of drug-likeness (QED) is 0.519. The van der Waals surface area contributed by atoms with Crippen LogP contribution in [-0.4, -0.2) is 50.3 Å². The molecule has 0 unspecified atom stereocenters. The highest BCUT2D eigenvalue weighted by Gasteiger charge is 2.23. The maximum Gasteiger partial charge on any atom is 0.0594 e. The molecule has 0 saturated carbocycles. The van der Waals surface area contributed by atoms with Crippen molar-refractivity contribution >= 4 is 0 Å². The van der Waals surface area contributed by atoms with Gasteiger partial charge in [0.05, 0.1) is 13.2 Å². The summed E-state index contributed by atoms with van der Waals surface area (Å²) in [5.41, 5.74) is 0. The fraction of sp³-hybridized carbons (Fsp3) is 1.00. The molecule has 0 N–H and O–H groups in total. The molecule has 1 atom stereocenters. The Labute approximate surface area is 67.7 Å². The predicted molar refractivity (Wildman–Crippen MR) is 42.7 cm³/mol. The number of nitrogens with zero attached hydrogens (tertiary/aromatic N) is 2. The lowest BCUT2D eigenvalue weighted by atomic mass is 10.2. The van der Waals surface area contributed by atoms with E-state index in [1.165, 1.54) is 6.42 Å². The number of rotatable bonds is 1. The van der Waals surface area contributed by atoms with Crippen LogP contribution in [0.3, 0.4) is 0 Å². The highest BCUT2D eigenvalue weighted by Crippen LogP contribution is 2.10. The first-order valence-corrected chi connectivity index (χ1v) is 4.42. The summed E-state index contributed by atoms with van der Waals surface area (Å²) < 4.78 is 5.29. The highest BCUT2D eigenvalue weighted by molar-refractivity contribution is 4.81. The van der Waals surface area contributed by atoms with Gasteiger partial charge >= 0.3 is 0 Å². The van der Waals surface area contributed by atoms with Crippen molar-refractivity contribution in [1.82, 2.24) is 10.2 Å². The second-order valence-corrected chi connectivity index (χ2v) is 3.22. The van der Waals surface area contributed by atoms with Gasteiger partial charge in [-0.05, 0) is 6.42 Å². The van der Waals surface area contributed by atoms with Gasteiger partial charge in [-0.25, -0.2) is 5.32 Å². The monoisotopic (exact) mass is 155 g/mol. The third-order valence-electron chi connectivity index (χ3n) is 2.52. The molecule has 3 nitrogen and oxygen atoms in total. The second-order valence-electron chi connectivity index (χ2n) is 3.22. The molecular formula is C8H15N2O. The molecule has 2 fully saturated rings. The van der Waals surface area contributed by atoms with Crippen molar-refractivity contribution in [3.63, 3.8) is 0 Å². The van der Waals surface area contributed by atoms with Gasteiger partial charge in [0.2, 0.25) is 0 Å². The van der Waals surface area contributed by atoms with Crippen LogP contribution in [0.5, 0.6) is 0 Å². The van der Waals surface area contributed by atoms with Crippen LogP contribution in [0.1, 0.15) is 6.42 Å². The van der Waals surface area contributed by atoms with E-state index in [9.17, 15) is 0 Å². The van der Waals surface area contributed by atoms with Gasteiger partial charge < -0.3 is 4.74 Å². The Morgan fingerprint density at radius 3 is 2.73 bits per heavy atom. The zero-order chi connectivity index (χ0) is 7.52. The van der Waals surface area contributed by atoms with Crippen molar-refractivity contribution in [1.29, 1.82) is 0 Å². The van der Waals surface area contributed by atoms with Crippen molar-refractivity contribution in [3.05, 3.63) is 0 Å². The first-order chi connectivity index (χ1) is 5.47. The van der Waals surface area contributed by atoms with E-state index < -0.39 is 0 Å². The van der Waals surface area contributed by atoms with Gasteiger partial charge in [0.15, 0.2) is 0 Å². The van der Waals surface area contributed by atoms with Crippen LogP contribution in [0.15, 0.2) is 0 Å². The van der Waals surface area contributed by atoms with Gasteiger partial charge in [0.1, 0.15) is 0 Å². The number of hydrogen-bond donors (Lipinski definition) is 0. The maximum absolute atomic E-state index is 5.29. The van der Waals surface area contributed by atoms with Gasteiger partial charge in [-0.2, -0.15) is 0 Å². The summed E-state index contributed by atoms with van der Waals surface area (Å²) in [4.78, 5) is 2.51. The third kappa shape index (κ3) is 1.72. The minimum Gasteiger partial charge on any atom is -0.379 e. The standard InChI is InChI=1S/C8H15N2O/c1-2-9-7-8(1)10-3-5-11-6-4-10/h8H,1-7H2/t8-/m1/s1. The van der Waals surface area contributed by atoms with Crippen LogP contribution in [0.4, 0.5) is 0 Å². The normalized spacial score (nSPS) is 34.4. The first kappa shape index (κ1) is 7.53. The summed E-state index contributed by atoms with van der Waals surface area (Å²) in [5.74, 6) is 0. The van der Waals surface area contributed by atoms with Crippen LogP contribution >= 0.6 is 0 Å². The van der Waals surface area contributed by atoms with E-state index in [0.717, 1.165) is 45.4 Å². The molecule has 2 rings (SSSR count). The number of morpholine rings is 1. The lowest BCUT2D eigenvalue weighted by Gasteiger charge is -2.31. The van der Waals surface area contributed by atoms with Crippen LogP contribution in [-0.2, 0) is 4.74 Å². The molecule has 0 spiro atoms. The van der Waals surface area contributed by atoms with E-state index in [1.807, 2.05) is 0 Å². The molecule has 1 radical (unpaired) electrons. The molecule has 11 heavy (non-hydrogen) atoms. The Bertz CT molecular complexity index is 117. The van der Waals surface area contributed by atoms with Crippen LogP contribution < -0.4 is 5.32 Å². The summed E-state index contributed by atoms with van der Waals surface area (Å²) in [6.45, 7) is 6.18. The van der Waals surface area contributed by atoms with E-state index >= 15 is 0 Å². The Kier molecular flexibility index (Phi) is 2.41. The smallest absolute Gasteiger partial charge is 0.0594 e. The molecule has 3 heteroatoms. The van der Waals surface area contributed by atoms with Gasteiger partial charge in [0.25, 0.3) is 0 Å². The summed E-state index contributed by atoms with van der Waals surface area (Å²) in [7, 11) is 0. The summed E-state index contributed by atoms with van der Waals surface area (Å²) in [6, 6.07) is 0.735. The average molecular weight is 155 g/mol. The fourth-order valence-electron chi connectivity index (χ4n) is 1.81. The zero-order valence-corrected chi connectivity index (χ0v) is 6.83. The summed E-state index contributed by atoms with van der Waals surface area (Å²) in [6.07, 6.45) is 1.26. The number of ether oxygens (including phenoxy) is 1. The van der Waals surface area contributed by atoms with Gasteiger partial charge in [-0.15, -0.1) is 0 Å². The lowest BCUT2D eigenvalue weighted by Crippen LogP contribution is -2.44. The minimum atomic E-state index is 0.735. The van der Waals surface area contributed by atoms with E-state index in [1.54, 1.807) is 0 Å². The Morgan fingerprint density at radius 2 is 2.09 bits per heavy atom. The summed E-state index contributed by atoms with van der Waals surface area (Å²) in [5, 5.41) is 4.36. The molecule has 0 bridgehead atoms. The van der Waals surface area contributed by atoms with Gasteiger partial charge in [0, 0.05) is 32.2 Å². The molecule has 2 aliphatic heterocycles. The van der Waals surface area contributed by atoms with Gasteiger partial charge in [-0.1, -0.05) is 0 Å². The molecule has 63 valence electrons. The van der Waals surface area contributed by atoms with Crippen molar-refractivity contribution in [3.8, 4) is 0 Å². The molecule has 2 saturated heterocycles. The van der Waals surface area contributed by atoms with E-state index in [-0.39, 0.29) is 0 Å². The van der Waals surface area contributed by atoms with Crippen LogP contribution in [0.2, 0.25) is 0 Å². The largest absolute Gasteiger partial charge is 0.379 e. The van der Waals surface area contributed by atoms with E-state index in [0.29, 0.717) is 0 Å². The van der Waals surface area contributed by atoms with E-state index in [2.05, 4.69) is 10.2 Å². The highest BCUT2D eigenvalue weighted by atomic mass is 16.5. The Morgan fingerprint density at radius 1 is 1.27 bits per heavy atom. The fourth-order valence-corrected chi connectivity index (χ4v) is 1.81. The molecular weight excluding hydrogens is 140 g/mol.